The van der Waals surface area contributed by atoms with Gasteiger partial charge in [0.15, 0.2) is 0 Å². The average Bonchev–Trinajstić information content (AvgIpc) is 2.76. The van der Waals surface area contributed by atoms with Crippen molar-refractivity contribution in [2.24, 2.45) is 17.8 Å². The minimum atomic E-state index is 0.783. The Hall–Kier alpha value is -0.0800. The Morgan fingerprint density at radius 2 is 1.88 bits per heavy atom. The van der Waals surface area contributed by atoms with Gasteiger partial charge in [-0.3, -0.25) is 0 Å². The summed E-state index contributed by atoms with van der Waals surface area (Å²) in [4.78, 5) is 2.70. The molecule has 2 aliphatic rings. The molecule has 94 valence electrons. The van der Waals surface area contributed by atoms with Gasteiger partial charge in [-0.25, -0.2) is 0 Å². The van der Waals surface area contributed by atoms with Gasteiger partial charge in [0.2, 0.25) is 0 Å². The molecule has 0 aromatic heterocycles. The summed E-state index contributed by atoms with van der Waals surface area (Å²) < 4.78 is 0. The first kappa shape index (κ1) is 12.4. The molecule has 2 nitrogen and oxygen atoms in total. The molecule has 2 atom stereocenters. The average molecular weight is 224 g/mol. The second-order valence-electron chi connectivity index (χ2n) is 6.16. The number of hydrogen-bond acceptors (Lipinski definition) is 2. The van der Waals surface area contributed by atoms with Crippen LogP contribution < -0.4 is 5.32 Å². The number of nitrogens with one attached hydrogen (secondary N) is 1. The van der Waals surface area contributed by atoms with Crippen LogP contribution in [0.5, 0.6) is 0 Å². The molecule has 0 radical (unpaired) electrons. The van der Waals surface area contributed by atoms with Crippen LogP contribution in [0.1, 0.15) is 39.5 Å². The molecule has 2 rings (SSSR count). The van der Waals surface area contributed by atoms with Gasteiger partial charge >= 0.3 is 0 Å². The first-order chi connectivity index (χ1) is 7.75. The lowest BCUT2D eigenvalue weighted by molar-refractivity contribution is 0.304. The predicted octanol–water partition coefficient (Wildman–Crippen LogP) is 2.35. The van der Waals surface area contributed by atoms with Gasteiger partial charge in [0, 0.05) is 13.1 Å². The highest BCUT2D eigenvalue weighted by Crippen LogP contribution is 2.37. The van der Waals surface area contributed by atoms with Crippen LogP contribution in [0, 0.1) is 17.8 Å². The second kappa shape index (κ2) is 6.02. The zero-order chi connectivity index (χ0) is 11.4. The molecule has 2 fully saturated rings. The lowest BCUT2D eigenvalue weighted by Gasteiger charge is -2.16. The maximum atomic E-state index is 3.53. The molecule has 0 bridgehead atoms. The lowest BCUT2D eigenvalue weighted by Crippen LogP contribution is -2.27. The monoisotopic (exact) mass is 224 g/mol. The van der Waals surface area contributed by atoms with E-state index in [9.17, 15) is 0 Å². The van der Waals surface area contributed by atoms with Crippen molar-refractivity contribution in [3.8, 4) is 0 Å². The highest BCUT2D eigenvalue weighted by atomic mass is 15.2. The third kappa shape index (κ3) is 3.46. The van der Waals surface area contributed by atoms with Gasteiger partial charge in [-0.1, -0.05) is 20.3 Å². The van der Waals surface area contributed by atoms with E-state index in [0.29, 0.717) is 0 Å². The van der Waals surface area contributed by atoms with Crippen LogP contribution in [0.25, 0.3) is 0 Å². The van der Waals surface area contributed by atoms with Crippen LogP contribution in [-0.4, -0.2) is 37.6 Å². The van der Waals surface area contributed by atoms with Crippen molar-refractivity contribution >= 4 is 0 Å². The molecule has 1 N–H and O–H groups in total. The second-order valence-corrected chi connectivity index (χ2v) is 6.16. The van der Waals surface area contributed by atoms with E-state index in [-0.39, 0.29) is 0 Å². The number of nitrogens with zero attached hydrogens (tertiary/aromatic N) is 1. The normalized spacial score (nSPS) is 30.2. The molecule has 0 amide bonds. The zero-order valence-electron chi connectivity index (χ0n) is 11.0. The maximum absolute atomic E-state index is 3.53. The molecule has 1 aliphatic heterocycles. The standard InChI is InChI=1S/C14H28N2/c1-12(2)9-15-7-4-8-16-10-13-5-3-6-14(13)11-16/h12-15H,3-11H2,1-2H3. The molecule has 0 aromatic rings. The van der Waals surface area contributed by atoms with Gasteiger partial charge in [0.05, 0.1) is 0 Å². The first-order valence-electron chi connectivity index (χ1n) is 7.19. The van der Waals surface area contributed by atoms with Gasteiger partial charge in [-0.2, -0.15) is 0 Å². The summed E-state index contributed by atoms with van der Waals surface area (Å²) in [5.41, 5.74) is 0. The van der Waals surface area contributed by atoms with Crippen molar-refractivity contribution < 1.29 is 0 Å². The zero-order valence-corrected chi connectivity index (χ0v) is 11.0. The Kier molecular flexibility index (Phi) is 4.66. The van der Waals surface area contributed by atoms with Crippen molar-refractivity contribution in [1.82, 2.24) is 10.2 Å². The molecule has 2 heteroatoms. The SMILES string of the molecule is CC(C)CNCCCN1CC2CCCC2C1. The van der Waals surface area contributed by atoms with Crippen molar-refractivity contribution in [3.05, 3.63) is 0 Å². The number of rotatable bonds is 6. The van der Waals surface area contributed by atoms with Gasteiger partial charge in [-0.05, 0) is 56.7 Å². The van der Waals surface area contributed by atoms with Crippen molar-refractivity contribution in [1.29, 1.82) is 0 Å². The van der Waals surface area contributed by atoms with E-state index in [4.69, 9.17) is 0 Å². The van der Waals surface area contributed by atoms with Gasteiger partial charge in [-0.15, -0.1) is 0 Å². The number of likely N-dealkylation sites (tertiary alicyclic amines) is 1. The highest BCUT2D eigenvalue weighted by Gasteiger charge is 2.35. The van der Waals surface area contributed by atoms with E-state index in [1.807, 2.05) is 0 Å². The van der Waals surface area contributed by atoms with Crippen LogP contribution in [0.15, 0.2) is 0 Å². The van der Waals surface area contributed by atoms with Crippen LogP contribution >= 0.6 is 0 Å². The topological polar surface area (TPSA) is 15.3 Å². The fraction of sp³-hybridized carbons (Fsp3) is 1.00. The lowest BCUT2D eigenvalue weighted by atomic mass is 10.0. The molecule has 0 spiro atoms. The molecule has 2 unspecified atom stereocenters. The molecule has 16 heavy (non-hydrogen) atoms. The molecular weight excluding hydrogens is 196 g/mol. The Labute approximate surface area is 101 Å². The van der Waals surface area contributed by atoms with Crippen LogP contribution in [-0.2, 0) is 0 Å². The van der Waals surface area contributed by atoms with Crippen LogP contribution in [0.2, 0.25) is 0 Å². The molecule has 0 aromatic carbocycles. The van der Waals surface area contributed by atoms with Crippen molar-refractivity contribution in [3.63, 3.8) is 0 Å². The van der Waals surface area contributed by atoms with E-state index < -0.39 is 0 Å². The molecule has 1 aliphatic carbocycles. The Morgan fingerprint density at radius 1 is 1.19 bits per heavy atom. The molecule has 1 heterocycles. The minimum Gasteiger partial charge on any atom is -0.316 e. The summed E-state index contributed by atoms with van der Waals surface area (Å²) in [6.45, 7) is 11.0. The maximum Gasteiger partial charge on any atom is 0.00129 e. The van der Waals surface area contributed by atoms with Crippen molar-refractivity contribution in [2.75, 3.05) is 32.7 Å². The quantitative estimate of drug-likeness (QED) is 0.697. The first-order valence-corrected chi connectivity index (χ1v) is 7.19. The van der Waals surface area contributed by atoms with Crippen LogP contribution in [0.3, 0.4) is 0 Å². The number of fused-ring (bicyclic) bond motifs is 1. The third-order valence-corrected chi connectivity index (χ3v) is 4.18. The van der Waals surface area contributed by atoms with E-state index in [1.54, 1.807) is 0 Å². The Bertz CT molecular complexity index is 191. The van der Waals surface area contributed by atoms with E-state index in [2.05, 4.69) is 24.1 Å². The van der Waals surface area contributed by atoms with E-state index in [0.717, 1.165) is 17.8 Å². The fourth-order valence-corrected chi connectivity index (χ4v) is 3.33. The summed E-state index contributed by atoms with van der Waals surface area (Å²) >= 11 is 0. The summed E-state index contributed by atoms with van der Waals surface area (Å²) in [6.07, 6.45) is 5.84. The summed E-state index contributed by atoms with van der Waals surface area (Å²) in [5.74, 6) is 2.90. The molecular formula is C14H28N2. The van der Waals surface area contributed by atoms with Crippen molar-refractivity contribution in [2.45, 2.75) is 39.5 Å². The third-order valence-electron chi connectivity index (χ3n) is 4.18. The summed E-state index contributed by atoms with van der Waals surface area (Å²) in [5, 5.41) is 3.53. The highest BCUT2D eigenvalue weighted by molar-refractivity contribution is 4.88. The predicted molar refractivity (Wildman–Crippen MR) is 69.6 cm³/mol. The molecule has 1 saturated heterocycles. The summed E-state index contributed by atoms with van der Waals surface area (Å²) in [6, 6.07) is 0. The largest absolute Gasteiger partial charge is 0.316 e. The molecule has 1 saturated carbocycles. The van der Waals surface area contributed by atoms with Gasteiger partial charge in [0.1, 0.15) is 0 Å². The van der Waals surface area contributed by atoms with E-state index >= 15 is 0 Å². The summed E-state index contributed by atoms with van der Waals surface area (Å²) in [7, 11) is 0. The Morgan fingerprint density at radius 3 is 2.50 bits per heavy atom. The number of hydrogen-bond donors (Lipinski definition) is 1. The van der Waals surface area contributed by atoms with E-state index in [1.165, 1.54) is 58.4 Å². The Balaban J connectivity index is 1.51. The van der Waals surface area contributed by atoms with Gasteiger partial charge in [0.25, 0.3) is 0 Å². The smallest absolute Gasteiger partial charge is 0.00129 e. The fourth-order valence-electron chi connectivity index (χ4n) is 3.33. The van der Waals surface area contributed by atoms with Gasteiger partial charge < -0.3 is 10.2 Å². The van der Waals surface area contributed by atoms with Crippen LogP contribution in [0.4, 0.5) is 0 Å². The minimum absolute atomic E-state index is 0.783.